The second-order valence-electron chi connectivity index (χ2n) is 9.94. The Morgan fingerprint density at radius 2 is 1.73 bits per heavy atom. The molecule has 3 N–H and O–H groups in total. The largest absolute Gasteiger partial charge is 0.464 e. The van der Waals surface area contributed by atoms with Gasteiger partial charge in [-0.1, -0.05) is 32.9 Å². The molecule has 7 heteroatoms. The number of hydrogen-bond donors (Lipinski definition) is 3. The summed E-state index contributed by atoms with van der Waals surface area (Å²) in [5.74, 6) is 1.26. The van der Waals surface area contributed by atoms with Crippen molar-refractivity contribution in [3.8, 4) is 0 Å². The summed E-state index contributed by atoms with van der Waals surface area (Å²) in [5.41, 5.74) is 2.89. The van der Waals surface area contributed by atoms with Gasteiger partial charge in [0, 0.05) is 11.3 Å². The molecule has 5 rings (SSSR count). The van der Waals surface area contributed by atoms with E-state index >= 15 is 0 Å². The number of benzene rings is 1. The van der Waals surface area contributed by atoms with E-state index in [1.165, 1.54) is 5.57 Å². The Morgan fingerprint density at radius 1 is 1.00 bits per heavy atom. The third-order valence-corrected chi connectivity index (χ3v) is 6.48. The average molecular weight is 446 g/mol. The minimum Gasteiger partial charge on any atom is -0.464 e. The number of anilines is 3. The number of allylic oxidation sites excluding steroid dienone is 1. The highest BCUT2D eigenvalue weighted by Crippen LogP contribution is 2.41. The monoisotopic (exact) mass is 445 g/mol. The SMILES string of the molecule is Cc1ccc([C@H](Nc2c(Nc3cccc4c3C(=O)NC4=C3CCC3)c(=O)c2=O)C(C)(C)C)o1. The van der Waals surface area contributed by atoms with Crippen LogP contribution in [0.1, 0.15) is 73.5 Å². The van der Waals surface area contributed by atoms with E-state index in [0.29, 0.717) is 17.0 Å². The number of hydrogen-bond acceptors (Lipinski definition) is 6. The predicted molar refractivity (Wildman–Crippen MR) is 129 cm³/mol. The second-order valence-corrected chi connectivity index (χ2v) is 9.94. The molecule has 0 unspecified atom stereocenters. The van der Waals surface area contributed by atoms with Crippen LogP contribution in [0.3, 0.4) is 0 Å². The fourth-order valence-corrected chi connectivity index (χ4v) is 4.49. The fourth-order valence-electron chi connectivity index (χ4n) is 4.49. The molecule has 0 saturated heterocycles. The second kappa shape index (κ2) is 7.47. The Kier molecular flexibility index (Phi) is 4.81. The number of aryl methyl sites for hydroxylation is 1. The van der Waals surface area contributed by atoms with Gasteiger partial charge >= 0.3 is 0 Å². The molecule has 1 aliphatic heterocycles. The Labute approximate surface area is 191 Å². The molecule has 2 aliphatic rings. The summed E-state index contributed by atoms with van der Waals surface area (Å²) in [6.07, 6.45) is 3.10. The van der Waals surface area contributed by atoms with Gasteiger partial charge in [0.15, 0.2) is 0 Å². The lowest BCUT2D eigenvalue weighted by Gasteiger charge is -2.31. The summed E-state index contributed by atoms with van der Waals surface area (Å²) in [6, 6.07) is 8.94. The summed E-state index contributed by atoms with van der Waals surface area (Å²) in [7, 11) is 0. The van der Waals surface area contributed by atoms with Gasteiger partial charge in [0.2, 0.25) is 0 Å². The van der Waals surface area contributed by atoms with Crippen molar-refractivity contribution < 1.29 is 9.21 Å². The van der Waals surface area contributed by atoms with E-state index in [0.717, 1.165) is 36.3 Å². The maximum absolute atomic E-state index is 12.8. The van der Waals surface area contributed by atoms with Gasteiger partial charge in [-0.25, -0.2) is 0 Å². The lowest BCUT2D eigenvalue weighted by molar-refractivity contribution is 0.0981. The molecule has 1 saturated carbocycles. The van der Waals surface area contributed by atoms with Crippen LogP contribution in [0.15, 0.2) is 49.9 Å². The molecule has 1 amide bonds. The van der Waals surface area contributed by atoms with Gasteiger partial charge in [-0.15, -0.1) is 0 Å². The minimum atomic E-state index is -0.602. The van der Waals surface area contributed by atoms with Crippen LogP contribution >= 0.6 is 0 Å². The molecular weight excluding hydrogens is 418 g/mol. The number of rotatable bonds is 5. The molecule has 0 radical (unpaired) electrons. The van der Waals surface area contributed by atoms with Crippen LogP contribution < -0.4 is 26.8 Å². The first-order valence-corrected chi connectivity index (χ1v) is 11.2. The Balaban J connectivity index is 1.50. The normalized spacial score (nSPS) is 16.4. The molecule has 3 aromatic rings. The predicted octanol–water partition coefficient (Wildman–Crippen LogP) is 4.77. The van der Waals surface area contributed by atoms with Gasteiger partial charge in [-0.3, -0.25) is 14.4 Å². The highest BCUT2D eigenvalue weighted by molar-refractivity contribution is 6.14. The number of furan rings is 1. The van der Waals surface area contributed by atoms with E-state index in [1.807, 2.05) is 52.0 Å². The van der Waals surface area contributed by atoms with Crippen LogP contribution in [0.2, 0.25) is 0 Å². The van der Waals surface area contributed by atoms with Crippen molar-refractivity contribution in [2.24, 2.45) is 5.41 Å². The topological polar surface area (TPSA) is 100 Å². The van der Waals surface area contributed by atoms with Gasteiger partial charge in [-0.2, -0.15) is 0 Å². The minimum absolute atomic E-state index is 0.170. The summed E-state index contributed by atoms with van der Waals surface area (Å²) in [4.78, 5) is 37.8. The highest BCUT2D eigenvalue weighted by atomic mass is 16.3. The first-order valence-electron chi connectivity index (χ1n) is 11.2. The van der Waals surface area contributed by atoms with Crippen molar-refractivity contribution in [2.75, 3.05) is 10.6 Å². The van der Waals surface area contributed by atoms with Crippen LogP contribution in [0, 0.1) is 12.3 Å². The fraction of sp³-hybridized carbons (Fsp3) is 0.346. The smallest absolute Gasteiger partial charge is 0.258 e. The Bertz CT molecular complexity index is 1370. The Hall–Kier alpha value is -3.61. The molecule has 0 spiro atoms. The van der Waals surface area contributed by atoms with Crippen molar-refractivity contribution in [2.45, 2.75) is 53.0 Å². The van der Waals surface area contributed by atoms with Gasteiger partial charge in [0.1, 0.15) is 22.9 Å². The molecule has 1 aromatic heterocycles. The number of fused-ring (bicyclic) bond motifs is 1. The van der Waals surface area contributed by atoms with Crippen LogP contribution in [0.5, 0.6) is 0 Å². The zero-order valence-corrected chi connectivity index (χ0v) is 19.2. The van der Waals surface area contributed by atoms with Crippen LogP contribution in [0.25, 0.3) is 5.70 Å². The van der Waals surface area contributed by atoms with Crippen molar-refractivity contribution in [3.05, 3.63) is 79.0 Å². The highest BCUT2D eigenvalue weighted by Gasteiger charge is 2.34. The molecule has 1 atom stereocenters. The van der Waals surface area contributed by atoms with Crippen LogP contribution in [-0.2, 0) is 0 Å². The van der Waals surface area contributed by atoms with Crippen molar-refractivity contribution in [3.63, 3.8) is 0 Å². The molecule has 1 fully saturated rings. The quantitative estimate of drug-likeness (QED) is 0.490. The summed E-state index contributed by atoms with van der Waals surface area (Å²) in [6.45, 7) is 7.96. The maximum Gasteiger partial charge on any atom is 0.258 e. The molecule has 2 aromatic carbocycles. The summed E-state index contributed by atoms with van der Waals surface area (Å²) >= 11 is 0. The lowest BCUT2D eigenvalue weighted by atomic mass is 9.84. The third kappa shape index (κ3) is 3.48. The van der Waals surface area contributed by atoms with Crippen LogP contribution in [-0.4, -0.2) is 5.91 Å². The van der Waals surface area contributed by atoms with Crippen molar-refractivity contribution in [1.82, 2.24) is 5.32 Å². The molecule has 7 nitrogen and oxygen atoms in total. The van der Waals surface area contributed by atoms with Crippen molar-refractivity contribution in [1.29, 1.82) is 0 Å². The van der Waals surface area contributed by atoms with Gasteiger partial charge in [-0.05, 0) is 55.4 Å². The van der Waals surface area contributed by atoms with E-state index in [2.05, 4.69) is 16.0 Å². The number of nitrogens with one attached hydrogen (secondary N) is 3. The molecule has 0 bridgehead atoms. The van der Waals surface area contributed by atoms with E-state index in [-0.39, 0.29) is 28.7 Å². The zero-order valence-electron chi connectivity index (χ0n) is 19.2. The average Bonchev–Trinajstić information content (AvgIpc) is 3.28. The molecular formula is C26H27N3O4. The summed E-state index contributed by atoms with van der Waals surface area (Å²) in [5, 5.41) is 9.30. The zero-order chi connectivity index (χ0) is 23.5. The van der Waals surface area contributed by atoms with E-state index in [4.69, 9.17) is 4.42 Å². The van der Waals surface area contributed by atoms with Crippen LogP contribution in [0.4, 0.5) is 17.1 Å². The van der Waals surface area contributed by atoms with E-state index < -0.39 is 10.9 Å². The first-order chi connectivity index (χ1) is 15.6. The molecule has 33 heavy (non-hydrogen) atoms. The van der Waals surface area contributed by atoms with Crippen molar-refractivity contribution >= 4 is 28.7 Å². The van der Waals surface area contributed by atoms with E-state index in [1.54, 1.807) is 6.07 Å². The molecule has 1 aliphatic carbocycles. The number of amides is 1. The Morgan fingerprint density at radius 3 is 2.33 bits per heavy atom. The summed E-state index contributed by atoms with van der Waals surface area (Å²) < 4.78 is 5.82. The number of carbonyl (C=O) groups is 1. The third-order valence-electron chi connectivity index (χ3n) is 6.48. The first kappa shape index (κ1) is 21.2. The molecule has 170 valence electrons. The standard InChI is InChI=1S/C26H27N3O4/c1-13-11-12-17(33-13)24(26(2,3)4)28-21-20(22(30)23(21)31)27-16-10-6-9-15-18(16)25(32)29-19(15)14-7-5-8-14/h6,9-12,24,27-28H,5,7-8H2,1-4H3,(H,29,32)/t24-/m0/s1. The van der Waals surface area contributed by atoms with Gasteiger partial charge in [0.05, 0.1) is 17.3 Å². The molecule has 2 heterocycles. The van der Waals surface area contributed by atoms with Gasteiger partial charge in [0.25, 0.3) is 16.8 Å². The number of carbonyl (C=O) groups excluding carboxylic acids is 1. The lowest BCUT2D eigenvalue weighted by Crippen LogP contribution is -2.39. The van der Waals surface area contributed by atoms with E-state index in [9.17, 15) is 14.4 Å². The van der Waals surface area contributed by atoms with Gasteiger partial charge < -0.3 is 20.4 Å². The maximum atomic E-state index is 12.8.